The highest BCUT2D eigenvalue weighted by atomic mass is 16.1. The first kappa shape index (κ1) is 10.4. The van der Waals surface area contributed by atoms with Crippen molar-refractivity contribution in [3.05, 3.63) is 17.5 Å². The lowest BCUT2D eigenvalue weighted by Crippen LogP contribution is -1.97. The number of hydrogen-bond acceptors (Lipinski definition) is 2. The average Bonchev–Trinajstić information content (AvgIpc) is 2.55. The molecule has 3 heteroatoms. The van der Waals surface area contributed by atoms with Crippen molar-refractivity contribution in [3.8, 4) is 0 Å². The number of Topliss-reactive ketones (excluding diaryl/α,β-unsaturated/α-hetero) is 1. The van der Waals surface area contributed by atoms with Crippen molar-refractivity contribution in [2.45, 2.75) is 51.4 Å². The summed E-state index contributed by atoms with van der Waals surface area (Å²) in [5.74, 6) is 0.638. The van der Waals surface area contributed by atoms with E-state index >= 15 is 0 Å². The molecular weight excluding hydrogens is 188 g/mol. The van der Waals surface area contributed by atoms with Crippen molar-refractivity contribution in [1.82, 2.24) is 10.2 Å². The van der Waals surface area contributed by atoms with Crippen molar-refractivity contribution in [2.24, 2.45) is 0 Å². The van der Waals surface area contributed by atoms with Crippen molar-refractivity contribution >= 4 is 5.78 Å². The van der Waals surface area contributed by atoms with E-state index in [0.717, 1.165) is 5.69 Å². The lowest BCUT2D eigenvalue weighted by molar-refractivity contribution is 0.101. The van der Waals surface area contributed by atoms with E-state index in [0.29, 0.717) is 11.6 Å². The summed E-state index contributed by atoms with van der Waals surface area (Å²) in [6.45, 7) is 1.56. The summed E-state index contributed by atoms with van der Waals surface area (Å²) in [5, 5.41) is 7.06. The molecule has 82 valence electrons. The van der Waals surface area contributed by atoms with E-state index in [-0.39, 0.29) is 5.78 Å². The summed E-state index contributed by atoms with van der Waals surface area (Å²) in [7, 11) is 0. The van der Waals surface area contributed by atoms with Gasteiger partial charge in [0.05, 0.1) is 0 Å². The van der Waals surface area contributed by atoms with Gasteiger partial charge in [0.2, 0.25) is 0 Å². The Morgan fingerprint density at radius 3 is 2.53 bits per heavy atom. The molecule has 1 aromatic rings. The zero-order valence-corrected chi connectivity index (χ0v) is 9.25. The molecule has 0 aromatic carbocycles. The van der Waals surface area contributed by atoms with Crippen molar-refractivity contribution in [2.75, 3.05) is 0 Å². The van der Waals surface area contributed by atoms with Gasteiger partial charge in [-0.05, 0) is 18.9 Å². The average molecular weight is 206 g/mol. The quantitative estimate of drug-likeness (QED) is 0.597. The molecule has 15 heavy (non-hydrogen) atoms. The normalized spacial score (nSPS) is 18.7. The van der Waals surface area contributed by atoms with Crippen LogP contribution in [0.1, 0.15) is 67.5 Å². The number of rotatable bonds is 2. The maximum atomic E-state index is 11.1. The number of aromatic nitrogens is 2. The minimum absolute atomic E-state index is 0.0473. The van der Waals surface area contributed by atoms with Gasteiger partial charge in [0.25, 0.3) is 0 Å². The van der Waals surface area contributed by atoms with E-state index in [1.165, 1.54) is 38.5 Å². The molecule has 1 aliphatic rings. The second-order valence-electron chi connectivity index (χ2n) is 4.45. The second kappa shape index (κ2) is 4.60. The maximum Gasteiger partial charge on any atom is 0.179 e. The van der Waals surface area contributed by atoms with E-state index in [1.807, 2.05) is 6.07 Å². The fraction of sp³-hybridized carbons (Fsp3) is 0.667. The number of hydrogen-bond donors (Lipinski definition) is 1. The van der Waals surface area contributed by atoms with Gasteiger partial charge in [-0.2, -0.15) is 5.10 Å². The molecule has 0 spiro atoms. The summed E-state index contributed by atoms with van der Waals surface area (Å²) in [6, 6.07) is 1.93. The van der Waals surface area contributed by atoms with Gasteiger partial charge in [-0.3, -0.25) is 9.89 Å². The fourth-order valence-corrected chi connectivity index (χ4v) is 2.32. The van der Waals surface area contributed by atoms with Gasteiger partial charge in [-0.25, -0.2) is 0 Å². The molecule has 1 heterocycles. The van der Waals surface area contributed by atoms with Crippen LogP contribution in [-0.4, -0.2) is 16.0 Å². The summed E-state index contributed by atoms with van der Waals surface area (Å²) < 4.78 is 0. The number of aromatic amines is 1. The van der Waals surface area contributed by atoms with Gasteiger partial charge >= 0.3 is 0 Å². The van der Waals surface area contributed by atoms with E-state index in [4.69, 9.17) is 0 Å². The molecule has 0 unspecified atom stereocenters. The molecule has 0 radical (unpaired) electrons. The molecule has 0 bridgehead atoms. The first-order valence-corrected chi connectivity index (χ1v) is 5.83. The molecule has 2 rings (SSSR count). The van der Waals surface area contributed by atoms with Crippen LogP contribution < -0.4 is 0 Å². The molecule has 3 nitrogen and oxygen atoms in total. The van der Waals surface area contributed by atoms with Crippen LogP contribution in [0.15, 0.2) is 6.07 Å². The Morgan fingerprint density at radius 1 is 1.33 bits per heavy atom. The number of ketones is 1. The minimum Gasteiger partial charge on any atom is -0.293 e. The molecule has 0 saturated heterocycles. The van der Waals surface area contributed by atoms with Crippen LogP contribution in [0.25, 0.3) is 0 Å². The third-order valence-corrected chi connectivity index (χ3v) is 3.25. The lowest BCUT2D eigenvalue weighted by atomic mass is 9.96. The van der Waals surface area contributed by atoms with Crippen LogP contribution >= 0.6 is 0 Å². The zero-order chi connectivity index (χ0) is 10.7. The number of H-pyrrole nitrogens is 1. The Labute approximate surface area is 90.3 Å². The van der Waals surface area contributed by atoms with Crippen LogP contribution in [0.3, 0.4) is 0 Å². The number of carbonyl (C=O) groups is 1. The third-order valence-electron chi connectivity index (χ3n) is 3.25. The fourth-order valence-electron chi connectivity index (χ4n) is 2.32. The van der Waals surface area contributed by atoms with Crippen LogP contribution in [0.2, 0.25) is 0 Å². The first-order valence-electron chi connectivity index (χ1n) is 5.83. The van der Waals surface area contributed by atoms with Gasteiger partial charge in [-0.15, -0.1) is 0 Å². The summed E-state index contributed by atoms with van der Waals surface area (Å²) in [5.41, 5.74) is 1.73. The molecule has 1 N–H and O–H groups in total. The standard InChI is InChI=1S/C12H18N2O/c1-9(15)11-8-12(14-13-11)10-6-4-2-3-5-7-10/h8,10H,2-7H2,1H3,(H,13,14). The largest absolute Gasteiger partial charge is 0.293 e. The Morgan fingerprint density at radius 2 is 2.00 bits per heavy atom. The van der Waals surface area contributed by atoms with Crippen molar-refractivity contribution in [3.63, 3.8) is 0 Å². The van der Waals surface area contributed by atoms with Gasteiger partial charge in [0.15, 0.2) is 5.78 Å². The highest BCUT2D eigenvalue weighted by Gasteiger charge is 2.17. The topological polar surface area (TPSA) is 45.8 Å². The summed E-state index contributed by atoms with van der Waals surface area (Å²) in [4.78, 5) is 11.1. The predicted molar refractivity (Wildman–Crippen MR) is 59.0 cm³/mol. The van der Waals surface area contributed by atoms with Crippen LogP contribution in [0.5, 0.6) is 0 Å². The van der Waals surface area contributed by atoms with Crippen molar-refractivity contribution < 1.29 is 4.79 Å². The van der Waals surface area contributed by atoms with E-state index in [9.17, 15) is 4.79 Å². The summed E-state index contributed by atoms with van der Waals surface area (Å²) in [6.07, 6.45) is 7.78. The molecule has 0 aliphatic heterocycles. The molecule has 0 amide bonds. The van der Waals surface area contributed by atoms with Gasteiger partial charge < -0.3 is 0 Å². The van der Waals surface area contributed by atoms with Crippen LogP contribution in [0.4, 0.5) is 0 Å². The number of carbonyl (C=O) groups excluding carboxylic acids is 1. The third kappa shape index (κ3) is 2.46. The molecule has 1 fully saturated rings. The highest BCUT2D eigenvalue weighted by molar-refractivity contribution is 5.92. The minimum atomic E-state index is 0.0473. The monoisotopic (exact) mass is 206 g/mol. The zero-order valence-electron chi connectivity index (χ0n) is 9.25. The molecule has 1 aliphatic carbocycles. The van der Waals surface area contributed by atoms with E-state index in [1.54, 1.807) is 6.92 Å². The Hall–Kier alpha value is -1.12. The molecule has 1 saturated carbocycles. The number of nitrogens with one attached hydrogen (secondary N) is 1. The smallest absolute Gasteiger partial charge is 0.179 e. The predicted octanol–water partition coefficient (Wildman–Crippen LogP) is 3.05. The lowest BCUT2D eigenvalue weighted by Gasteiger charge is -2.10. The van der Waals surface area contributed by atoms with Gasteiger partial charge in [0, 0.05) is 18.5 Å². The van der Waals surface area contributed by atoms with Crippen LogP contribution in [0, 0.1) is 0 Å². The Balaban J connectivity index is 2.10. The molecular formula is C12H18N2O. The Kier molecular flexibility index (Phi) is 3.19. The molecule has 1 aromatic heterocycles. The number of nitrogens with zero attached hydrogens (tertiary/aromatic N) is 1. The molecule has 0 atom stereocenters. The van der Waals surface area contributed by atoms with E-state index < -0.39 is 0 Å². The maximum absolute atomic E-state index is 11.1. The van der Waals surface area contributed by atoms with E-state index in [2.05, 4.69) is 10.2 Å². The second-order valence-corrected chi connectivity index (χ2v) is 4.45. The first-order chi connectivity index (χ1) is 7.27. The van der Waals surface area contributed by atoms with Crippen LogP contribution in [-0.2, 0) is 0 Å². The van der Waals surface area contributed by atoms with Gasteiger partial charge in [0.1, 0.15) is 5.69 Å². The SMILES string of the molecule is CC(=O)c1cc(C2CCCCCC2)[nH]n1. The highest BCUT2D eigenvalue weighted by Crippen LogP contribution is 2.30. The van der Waals surface area contributed by atoms with Gasteiger partial charge in [-0.1, -0.05) is 25.7 Å². The Bertz CT molecular complexity index is 335. The van der Waals surface area contributed by atoms with Crippen molar-refractivity contribution in [1.29, 1.82) is 0 Å². The summed E-state index contributed by atoms with van der Waals surface area (Å²) >= 11 is 0.